The van der Waals surface area contributed by atoms with Crippen molar-refractivity contribution in [1.29, 1.82) is 0 Å². The lowest BCUT2D eigenvalue weighted by atomic mass is 10.1. The number of carbonyl (C=O) groups is 1. The van der Waals surface area contributed by atoms with Crippen LogP contribution in [0.1, 0.15) is 36.2 Å². The number of hydrogen-bond acceptors (Lipinski definition) is 7. The van der Waals surface area contributed by atoms with E-state index in [-0.39, 0.29) is 18.6 Å². The lowest BCUT2D eigenvalue weighted by Crippen LogP contribution is -2.32. The van der Waals surface area contributed by atoms with E-state index in [1.165, 1.54) is 0 Å². The minimum Gasteiger partial charge on any atom is -0.382 e. The van der Waals surface area contributed by atoms with Gasteiger partial charge in [-0.05, 0) is 24.5 Å². The molecule has 8 heteroatoms. The predicted octanol–water partition coefficient (Wildman–Crippen LogP) is 1.53. The SMILES string of the molecule is COCCOCc1nc(C2CCCN2C(=O)Cc2cccnc2)no1. The summed E-state index contributed by atoms with van der Waals surface area (Å²) in [6.07, 6.45) is 5.50. The summed E-state index contributed by atoms with van der Waals surface area (Å²) in [7, 11) is 1.62. The van der Waals surface area contributed by atoms with Crippen LogP contribution in [-0.2, 0) is 27.3 Å². The van der Waals surface area contributed by atoms with Gasteiger partial charge in [0.2, 0.25) is 5.91 Å². The number of ether oxygens (including phenoxy) is 2. The van der Waals surface area contributed by atoms with Crippen LogP contribution in [0.15, 0.2) is 29.0 Å². The highest BCUT2D eigenvalue weighted by molar-refractivity contribution is 5.79. The lowest BCUT2D eigenvalue weighted by Gasteiger charge is -2.22. The Morgan fingerprint density at radius 3 is 3.16 bits per heavy atom. The summed E-state index contributed by atoms with van der Waals surface area (Å²) in [5, 5.41) is 4.03. The van der Waals surface area contributed by atoms with E-state index in [4.69, 9.17) is 14.0 Å². The molecule has 0 radical (unpaired) electrons. The van der Waals surface area contributed by atoms with Gasteiger partial charge in [-0.15, -0.1) is 0 Å². The number of aromatic nitrogens is 3. The maximum Gasteiger partial charge on any atom is 0.252 e. The molecule has 0 aromatic carbocycles. The van der Waals surface area contributed by atoms with E-state index in [9.17, 15) is 4.79 Å². The van der Waals surface area contributed by atoms with Gasteiger partial charge in [-0.1, -0.05) is 11.2 Å². The second kappa shape index (κ2) is 8.68. The second-order valence-electron chi connectivity index (χ2n) is 5.87. The van der Waals surface area contributed by atoms with Gasteiger partial charge >= 0.3 is 0 Å². The van der Waals surface area contributed by atoms with Crippen LogP contribution in [0, 0.1) is 0 Å². The topological polar surface area (TPSA) is 90.6 Å². The van der Waals surface area contributed by atoms with Crippen molar-refractivity contribution in [3.8, 4) is 0 Å². The van der Waals surface area contributed by atoms with Crippen molar-refractivity contribution in [3.05, 3.63) is 41.8 Å². The molecule has 25 heavy (non-hydrogen) atoms. The summed E-state index contributed by atoms with van der Waals surface area (Å²) in [6, 6.07) is 3.60. The number of pyridine rings is 1. The Kier molecular flexibility index (Phi) is 6.08. The first-order valence-corrected chi connectivity index (χ1v) is 8.35. The highest BCUT2D eigenvalue weighted by atomic mass is 16.5. The highest BCUT2D eigenvalue weighted by Crippen LogP contribution is 2.30. The first kappa shape index (κ1) is 17.5. The fourth-order valence-corrected chi connectivity index (χ4v) is 2.88. The number of rotatable bonds is 8. The van der Waals surface area contributed by atoms with E-state index in [1.807, 2.05) is 17.0 Å². The van der Waals surface area contributed by atoms with E-state index in [2.05, 4.69) is 15.1 Å². The summed E-state index contributed by atoms with van der Waals surface area (Å²) in [6.45, 7) is 1.93. The molecule has 0 saturated carbocycles. The molecule has 1 saturated heterocycles. The van der Waals surface area contributed by atoms with Crippen LogP contribution in [0.4, 0.5) is 0 Å². The molecule has 1 amide bonds. The van der Waals surface area contributed by atoms with Crippen molar-refractivity contribution in [2.75, 3.05) is 26.9 Å². The first-order valence-electron chi connectivity index (χ1n) is 8.35. The number of methoxy groups -OCH3 is 1. The molecule has 2 aromatic heterocycles. The van der Waals surface area contributed by atoms with Crippen molar-refractivity contribution in [2.45, 2.75) is 31.9 Å². The third kappa shape index (κ3) is 4.61. The van der Waals surface area contributed by atoms with Gasteiger partial charge in [-0.2, -0.15) is 4.98 Å². The van der Waals surface area contributed by atoms with Gasteiger partial charge in [0, 0.05) is 26.0 Å². The van der Waals surface area contributed by atoms with E-state index in [0.717, 1.165) is 18.4 Å². The van der Waals surface area contributed by atoms with Gasteiger partial charge in [0.05, 0.1) is 25.7 Å². The maximum absolute atomic E-state index is 12.6. The van der Waals surface area contributed by atoms with Gasteiger partial charge in [0.15, 0.2) is 5.82 Å². The Morgan fingerprint density at radius 2 is 2.36 bits per heavy atom. The number of nitrogens with zero attached hydrogens (tertiary/aromatic N) is 4. The van der Waals surface area contributed by atoms with Crippen LogP contribution in [-0.4, -0.2) is 52.8 Å². The largest absolute Gasteiger partial charge is 0.382 e. The molecule has 8 nitrogen and oxygen atoms in total. The first-order chi connectivity index (χ1) is 12.3. The quantitative estimate of drug-likeness (QED) is 0.670. The number of carbonyl (C=O) groups excluding carboxylic acids is 1. The molecule has 1 unspecified atom stereocenters. The van der Waals surface area contributed by atoms with Gasteiger partial charge in [-0.25, -0.2) is 0 Å². The fraction of sp³-hybridized carbons (Fsp3) is 0.529. The van der Waals surface area contributed by atoms with Gasteiger partial charge in [0.1, 0.15) is 6.61 Å². The van der Waals surface area contributed by atoms with Crippen molar-refractivity contribution >= 4 is 5.91 Å². The molecule has 2 aromatic rings. The molecule has 1 fully saturated rings. The van der Waals surface area contributed by atoms with E-state index >= 15 is 0 Å². The normalized spacial score (nSPS) is 17.2. The fourth-order valence-electron chi connectivity index (χ4n) is 2.88. The molecule has 1 atom stereocenters. The molecule has 3 heterocycles. The third-order valence-corrected chi connectivity index (χ3v) is 4.09. The molecule has 1 aliphatic heterocycles. The van der Waals surface area contributed by atoms with E-state index in [1.54, 1.807) is 19.5 Å². The Labute approximate surface area is 146 Å². The maximum atomic E-state index is 12.6. The average molecular weight is 346 g/mol. The Bertz CT molecular complexity index is 676. The van der Waals surface area contributed by atoms with Crippen LogP contribution < -0.4 is 0 Å². The molecule has 134 valence electrons. The Balaban J connectivity index is 1.59. The summed E-state index contributed by atoms with van der Waals surface area (Å²) in [5.41, 5.74) is 0.901. The van der Waals surface area contributed by atoms with Crippen LogP contribution in [0.5, 0.6) is 0 Å². The Hall–Kier alpha value is -2.32. The number of likely N-dealkylation sites (tertiary alicyclic amines) is 1. The molecular weight excluding hydrogens is 324 g/mol. The molecule has 0 aliphatic carbocycles. The molecule has 0 bridgehead atoms. The zero-order chi connectivity index (χ0) is 17.5. The molecule has 3 rings (SSSR count). The van der Waals surface area contributed by atoms with Crippen LogP contribution in [0.2, 0.25) is 0 Å². The van der Waals surface area contributed by atoms with Crippen molar-refractivity contribution in [3.63, 3.8) is 0 Å². The minimum absolute atomic E-state index is 0.0539. The summed E-state index contributed by atoms with van der Waals surface area (Å²) >= 11 is 0. The zero-order valence-electron chi connectivity index (χ0n) is 14.3. The van der Waals surface area contributed by atoms with Gasteiger partial charge in [0.25, 0.3) is 5.89 Å². The average Bonchev–Trinajstić information content (AvgIpc) is 3.28. The predicted molar refractivity (Wildman–Crippen MR) is 87.5 cm³/mol. The molecule has 0 spiro atoms. The van der Waals surface area contributed by atoms with Crippen LogP contribution >= 0.6 is 0 Å². The van der Waals surface area contributed by atoms with Crippen LogP contribution in [0.25, 0.3) is 0 Å². The van der Waals surface area contributed by atoms with E-state index in [0.29, 0.717) is 37.9 Å². The number of amides is 1. The molecular formula is C17H22N4O4. The highest BCUT2D eigenvalue weighted by Gasteiger charge is 2.33. The molecule has 1 aliphatic rings. The third-order valence-electron chi connectivity index (χ3n) is 4.09. The summed E-state index contributed by atoms with van der Waals surface area (Å²) in [4.78, 5) is 22.9. The van der Waals surface area contributed by atoms with Crippen molar-refractivity contribution < 1.29 is 18.8 Å². The zero-order valence-corrected chi connectivity index (χ0v) is 14.3. The summed E-state index contributed by atoms with van der Waals surface area (Å²) in [5.74, 6) is 1.01. The minimum atomic E-state index is -0.138. The standard InChI is InChI=1S/C17H22N4O4/c1-23-8-9-24-12-15-19-17(20-25-15)14-5-3-7-21(14)16(22)10-13-4-2-6-18-11-13/h2,4,6,11,14H,3,5,7-10,12H2,1H3. The Morgan fingerprint density at radius 1 is 1.44 bits per heavy atom. The second-order valence-corrected chi connectivity index (χ2v) is 5.87. The van der Waals surface area contributed by atoms with Crippen LogP contribution in [0.3, 0.4) is 0 Å². The number of hydrogen-bond donors (Lipinski definition) is 0. The monoisotopic (exact) mass is 346 g/mol. The summed E-state index contributed by atoms with van der Waals surface area (Å²) < 4.78 is 15.5. The smallest absolute Gasteiger partial charge is 0.252 e. The van der Waals surface area contributed by atoms with Crippen molar-refractivity contribution in [2.24, 2.45) is 0 Å². The van der Waals surface area contributed by atoms with E-state index < -0.39 is 0 Å². The van der Waals surface area contributed by atoms with Crippen molar-refractivity contribution in [1.82, 2.24) is 20.0 Å². The molecule has 0 N–H and O–H groups in total. The van der Waals surface area contributed by atoms with Gasteiger partial charge < -0.3 is 18.9 Å². The van der Waals surface area contributed by atoms with Gasteiger partial charge in [-0.3, -0.25) is 9.78 Å². The lowest BCUT2D eigenvalue weighted by molar-refractivity contribution is -0.131.